The molecule has 0 heterocycles. The maximum absolute atomic E-state index is 2.48. The van der Waals surface area contributed by atoms with Crippen LogP contribution in [-0.4, -0.2) is 0 Å². The first-order chi connectivity index (χ1) is 11.1. The van der Waals surface area contributed by atoms with Crippen LogP contribution in [0.25, 0.3) is 10.8 Å². The van der Waals surface area contributed by atoms with Crippen LogP contribution in [0.15, 0.2) is 42.5 Å². The molecule has 0 bridgehead atoms. The second kappa shape index (κ2) is 5.96. The molecular weight excluding hydrogens is 276 g/mol. The van der Waals surface area contributed by atoms with Crippen LogP contribution < -0.4 is 0 Å². The van der Waals surface area contributed by atoms with Gasteiger partial charge in [0.15, 0.2) is 0 Å². The number of hydrogen-bond donors (Lipinski definition) is 0. The van der Waals surface area contributed by atoms with Crippen LogP contribution >= 0.6 is 0 Å². The van der Waals surface area contributed by atoms with Crippen molar-refractivity contribution in [2.24, 2.45) is 29.6 Å². The van der Waals surface area contributed by atoms with E-state index in [4.69, 9.17) is 0 Å². The average molecular weight is 306 g/mol. The van der Waals surface area contributed by atoms with E-state index >= 15 is 0 Å². The van der Waals surface area contributed by atoms with Crippen molar-refractivity contribution in [3.05, 3.63) is 48.0 Å². The smallest absolute Gasteiger partial charge is 0.0122 e. The van der Waals surface area contributed by atoms with Crippen LogP contribution in [0.1, 0.15) is 57.9 Å². The molecule has 5 atom stereocenters. The van der Waals surface area contributed by atoms with Crippen molar-refractivity contribution in [2.45, 2.75) is 52.4 Å². The number of hydrogen-bond acceptors (Lipinski definition) is 0. The Morgan fingerprint density at radius 3 is 2.48 bits per heavy atom. The van der Waals surface area contributed by atoms with E-state index in [0.717, 1.165) is 35.5 Å². The summed E-state index contributed by atoms with van der Waals surface area (Å²) in [5.41, 5.74) is 1.63. The maximum atomic E-state index is 2.48. The molecule has 4 rings (SSSR count). The molecule has 2 aromatic carbocycles. The quantitative estimate of drug-likeness (QED) is 0.582. The van der Waals surface area contributed by atoms with Gasteiger partial charge in [-0.05, 0) is 77.5 Å². The van der Waals surface area contributed by atoms with E-state index in [-0.39, 0.29) is 0 Å². The Balaban J connectivity index is 1.74. The summed E-state index contributed by atoms with van der Waals surface area (Å²) in [6, 6.07) is 16.0. The third-order valence-corrected chi connectivity index (χ3v) is 6.83. The van der Waals surface area contributed by atoms with Gasteiger partial charge in [0.25, 0.3) is 0 Å². The molecule has 0 radical (unpaired) electrons. The van der Waals surface area contributed by atoms with Gasteiger partial charge in [0.05, 0.1) is 0 Å². The van der Waals surface area contributed by atoms with Crippen molar-refractivity contribution in [1.82, 2.24) is 0 Å². The molecular formula is C23H30. The highest BCUT2D eigenvalue weighted by atomic mass is 14.5. The second-order valence-electron chi connectivity index (χ2n) is 8.65. The molecule has 0 nitrogen and oxygen atoms in total. The minimum absolute atomic E-state index is 0.776. The number of rotatable bonds is 2. The molecule has 0 N–H and O–H groups in total. The summed E-state index contributed by atoms with van der Waals surface area (Å²) in [6.07, 6.45) is 5.80. The Kier molecular flexibility index (Phi) is 3.95. The largest absolute Gasteiger partial charge is 0.0625 e. The summed E-state index contributed by atoms with van der Waals surface area (Å²) >= 11 is 0. The molecule has 2 aromatic rings. The predicted octanol–water partition coefficient (Wildman–Crippen LogP) is 6.65. The molecule has 0 amide bonds. The lowest BCUT2D eigenvalue weighted by Crippen LogP contribution is -2.27. The molecule has 2 saturated carbocycles. The van der Waals surface area contributed by atoms with Crippen molar-refractivity contribution in [3.8, 4) is 0 Å². The summed E-state index contributed by atoms with van der Waals surface area (Å²) in [5.74, 6) is 5.35. The van der Waals surface area contributed by atoms with Crippen LogP contribution in [0.2, 0.25) is 0 Å². The van der Waals surface area contributed by atoms with Gasteiger partial charge in [-0.3, -0.25) is 0 Å². The molecule has 0 aliphatic heterocycles. The van der Waals surface area contributed by atoms with Gasteiger partial charge in [-0.25, -0.2) is 0 Å². The minimum atomic E-state index is 0.776. The van der Waals surface area contributed by atoms with E-state index in [0.29, 0.717) is 0 Å². The Morgan fingerprint density at radius 2 is 1.65 bits per heavy atom. The molecule has 2 aliphatic carbocycles. The van der Waals surface area contributed by atoms with E-state index in [1.54, 1.807) is 5.56 Å². The zero-order valence-electron chi connectivity index (χ0n) is 14.8. The maximum Gasteiger partial charge on any atom is -0.0122 e. The molecule has 5 unspecified atom stereocenters. The fourth-order valence-corrected chi connectivity index (χ4v) is 5.66. The van der Waals surface area contributed by atoms with E-state index in [1.807, 2.05) is 0 Å². The van der Waals surface area contributed by atoms with Crippen LogP contribution in [0.3, 0.4) is 0 Å². The van der Waals surface area contributed by atoms with Crippen molar-refractivity contribution in [2.75, 3.05) is 0 Å². The van der Waals surface area contributed by atoms with Gasteiger partial charge in [0.2, 0.25) is 0 Å². The fourth-order valence-electron chi connectivity index (χ4n) is 5.66. The summed E-state index contributed by atoms with van der Waals surface area (Å²) in [5, 5.41) is 2.92. The first-order valence-corrected chi connectivity index (χ1v) is 9.61. The third-order valence-electron chi connectivity index (χ3n) is 6.83. The van der Waals surface area contributed by atoms with Gasteiger partial charge < -0.3 is 0 Å². The van der Waals surface area contributed by atoms with Crippen molar-refractivity contribution >= 4 is 10.8 Å². The molecule has 0 aromatic heterocycles. The number of fused-ring (bicyclic) bond motifs is 2. The van der Waals surface area contributed by atoms with Crippen molar-refractivity contribution in [1.29, 1.82) is 0 Å². The molecule has 122 valence electrons. The highest BCUT2D eigenvalue weighted by molar-refractivity contribution is 5.86. The normalized spacial score (nSPS) is 34.0. The first-order valence-electron chi connectivity index (χ1n) is 9.61. The second-order valence-corrected chi connectivity index (χ2v) is 8.65. The van der Waals surface area contributed by atoms with Gasteiger partial charge in [0.1, 0.15) is 0 Å². The highest BCUT2D eigenvalue weighted by Crippen LogP contribution is 2.55. The summed E-state index contributed by atoms with van der Waals surface area (Å²) in [4.78, 5) is 0. The fraction of sp³-hybridized carbons (Fsp3) is 0.565. The van der Waals surface area contributed by atoms with E-state index in [2.05, 4.69) is 63.2 Å². The lowest BCUT2D eigenvalue weighted by Gasteiger charge is -2.38. The monoisotopic (exact) mass is 306 g/mol. The predicted molar refractivity (Wildman–Crippen MR) is 99.6 cm³/mol. The van der Waals surface area contributed by atoms with Crippen LogP contribution in [0, 0.1) is 29.6 Å². The first kappa shape index (κ1) is 15.2. The zero-order chi connectivity index (χ0) is 16.0. The van der Waals surface area contributed by atoms with Crippen molar-refractivity contribution < 1.29 is 0 Å². The molecule has 0 spiro atoms. The Morgan fingerprint density at radius 1 is 0.870 bits per heavy atom. The Bertz CT molecular complexity index is 678. The third kappa shape index (κ3) is 2.71. The molecule has 2 aliphatic rings. The standard InChI is InChI=1S/C23H30/c1-15(2)18-13-19-11-16(3)12-23(22(19)14-18)21-10-6-8-17-7-4-5-9-20(17)21/h4-10,15-16,18-19,22-23H,11-14H2,1-3H3. The lowest BCUT2D eigenvalue weighted by molar-refractivity contribution is 0.187. The number of benzene rings is 2. The average Bonchev–Trinajstić information content (AvgIpc) is 2.97. The Labute approximate surface area is 141 Å². The van der Waals surface area contributed by atoms with E-state index in [1.165, 1.54) is 36.5 Å². The molecule has 23 heavy (non-hydrogen) atoms. The van der Waals surface area contributed by atoms with Crippen molar-refractivity contribution in [3.63, 3.8) is 0 Å². The lowest BCUT2D eigenvalue weighted by atomic mass is 9.67. The van der Waals surface area contributed by atoms with Crippen LogP contribution in [0.5, 0.6) is 0 Å². The zero-order valence-corrected chi connectivity index (χ0v) is 14.8. The summed E-state index contributed by atoms with van der Waals surface area (Å²) in [7, 11) is 0. The van der Waals surface area contributed by atoms with Gasteiger partial charge >= 0.3 is 0 Å². The van der Waals surface area contributed by atoms with Gasteiger partial charge in [0, 0.05) is 0 Å². The summed E-state index contributed by atoms with van der Waals surface area (Å²) in [6.45, 7) is 7.34. The topological polar surface area (TPSA) is 0 Å². The summed E-state index contributed by atoms with van der Waals surface area (Å²) < 4.78 is 0. The van der Waals surface area contributed by atoms with Gasteiger partial charge in [-0.15, -0.1) is 0 Å². The van der Waals surface area contributed by atoms with Crippen LogP contribution in [0.4, 0.5) is 0 Å². The SMILES string of the molecule is CC1CC2CC(C(C)C)CC2C(c2cccc3ccccc23)C1. The van der Waals surface area contributed by atoms with Gasteiger partial charge in [-0.1, -0.05) is 63.2 Å². The van der Waals surface area contributed by atoms with E-state index < -0.39 is 0 Å². The van der Waals surface area contributed by atoms with E-state index in [9.17, 15) is 0 Å². The van der Waals surface area contributed by atoms with Gasteiger partial charge in [-0.2, -0.15) is 0 Å². The molecule has 2 fully saturated rings. The molecule has 0 heteroatoms. The Hall–Kier alpha value is -1.30. The van der Waals surface area contributed by atoms with Crippen LogP contribution in [-0.2, 0) is 0 Å². The molecule has 0 saturated heterocycles. The minimum Gasteiger partial charge on any atom is -0.0625 e. The highest BCUT2D eigenvalue weighted by Gasteiger charge is 2.44.